The van der Waals surface area contributed by atoms with Crippen molar-refractivity contribution < 1.29 is 13.2 Å². The van der Waals surface area contributed by atoms with Gasteiger partial charge < -0.3 is 10.7 Å². The highest BCUT2D eigenvalue weighted by molar-refractivity contribution is 5.48. The average molecular weight is 367 g/mol. The topological polar surface area (TPSA) is 63.8 Å². The Morgan fingerprint density at radius 3 is 2.27 bits per heavy atom. The molecule has 0 saturated heterocycles. The Balaban J connectivity index is 0.00000105. The van der Waals surface area contributed by atoms with E-state index in [-0.39, 0.29) is 22.9 Å². The Morgan fingerprint density at radius 1 is 1.27 bits per heavy atom. The van der Waals surface area contributed by atoms with Gasteiger partial charge in [-0.15, -0.1) is 0 Å². The highest BCUT2D eigenvalue weighted by atomic mass is 19.4. The van der Waals surface area contributed by atoms with Gasteiger partial charge in [0.1, 0.15) is 0 Å². The Labute approximate surface area is 150 Å². The molecule has 0 fully saturated rings. The zero-order valence-electron chi connectivity index (χ0n) is 15.2. The van der Waals surface area contributed by atoms with Crippen LogP contribution in [0.2, 0.25) is 0 Å². The third-order valence-corrected chi connectivity index (χ3v) is 3.28. The number of allylic oxidation sites excluding steroid dienone is 1. The van der Waals surface area contributed by atoms with E-state index in [0.717, 1.165) is 11.6 Å². The summed E-state index contributed by atoms with van der Waals surface area (Å²) in [5.41, 5.74) is 5.09. The summed E-state index contributed by atoms with van der Waals surface area (Å²) in [5.74, 6) is 0. The molecule has 0 atom stereocenters. The van der Waals surface area contributed by atoms with Crippen LogP contribution in [0.5, 0.6) is 0 Å². The molecule has 2 aromatic rings. The molecule has 0 spiro atoms. The van der Waals surface area contributed by atoms with E-state index in [1.54, 1.807) is 24.3 Å². The van der Waals surface area contributed by atoms with Gasteiger partial charge in [0.2, 0.25) is 0 Å². The van der Waals surface area contributed by atoms with Crippen LogP contribution in [0.15, 0.2) is 47.3 Å². The zero-order chi connectivity index (χ0) is 19.9. The number of hydrogen-bond donors (Lipinski definition) is 2. The third kappa shape index (κ3) is 5.68. The standard InChI is InChI=1S/C16H16F3N3O.C3H8/c1-10(16(17,18)19)8-13-14(11(2)20)21-15(23)22(13)9-12-6-4-3-5-7-12;1-3-2/h3-8H,1,9,20H2,2H3,(H,21,23);3H2,1-2H3/b13-8+,14-11-;. The summed E-state index contributed by atoms with van der Waals surface area (Å²) in [6.07, 6.45) is -2.50. The lowest BCUT2D eigenvalue weighted by atomic mass is 10.2. The quantitative estimate of drug-likeness (QED) is 0.876. The van der Waals surface area contributed by atoms with Crippen LogP contribution in [0.4, 0.5) is 13.2 Å². The normalized spacial score (nSPS) is 13.1. The van der Waals surface area contributed by atoms with E-state index >= 15 is 0 Å². The zero-order valence-corrected chi connectivity index (χ0v) is 15.2. The molecule has 2 rings (SSSR count). The molecule has 3 N–H and O–H groups in total. The molecular weight excluding hydrogens is 343 g/mol. The lowest BCUT2D eigenvalue weighted by Gasteiger charge is -2.06. The molecule has 142 valence electrons. The Morgan fingerprint density at radius 2 is 1.81 bits per heavy atom. The summed E-state index contributed by atoms with van der Waals surface area (Å²) in [5, 5.41) is 0.220. The minimum Gasteiger partial charge on any atom is -0.401 e. The van der Waals surface area contributed by atoms with Crippen LogP contribution in [-0.4, -0.2) is 15.7 Å². The molecule has 7 heteroatoms. The minimum absolute atomic E-state index is 0.0566. The summed E-state index contributed by atoms with van der Waals surface area (Å²) in [4.78, 5) is 14.6. The average Bonchev–Trinajstić information content (AvgIpc) is 2.85. The van der Waals surface area contributed by atoms with E-state index < -0.39 is 17.4 Å². The van der Waals surface area contributed by atoms with Crippen molar-refractivity contribution in [2.24, 2.45) is 5.73 Å². The second-order valence-corrected chi connectivity index (χ2v) is 5.82. The fraction of sp³-hybridized carbons (Fsp3) is 0.316. The number of aromatic amines is 1. The number of alkyl halides is 3. The van der Waals surface area contributed by atoms with Crippen molar-refractivity contribution in [2.45, 2.75) is 39.9 Å². The maximum absolute atomic E-state index is 12.8. The Kier molecular flexibility index (Phi) is 7.49. The van der Waals surface area contributed by atoms with Crippen LogP contribution >= 0.6 is 0 Å². The molecule has 1 heterocycles. The highest BCUT2D eigenvalue weighted by Crippen LogP contribution is 2.24. The van der Waals surface area contributed by atoms with Crippen LogP contribution in [0.1, 0.15) is 32.8 Å². The molecule has 0 aliphatic heterocycles. The van der Waals surface area contributed by atoms with Crippen LogP contribution in [-0.2, 0) is 6.54 Å². The number of nitrogens with one attached hydrogen (secondary N) is 1. The molecule has 0 aliphatic carbocycles. The van der Waals surface area contributed by atoms with E-state index in [0.29, 0.717) is 0 Å². The molecule has 0 amide bonds. The summed E-state index contributed by atoms with van der Waals surface area (Å²) in [7, 11) is 0. The molecule has 0 aliphatic rings. The molecular formula is C19H24F3N3O. The van der Waals surface area contributed by atoms with E-state index in [2.05, 4.69) is 25.4 Å². The Bertz CT molecular complexity index is 902. The van der Waals surface area contributed by atoms with Crippen molar-refractivity contribution in [1.29, 1.82) is 0 Å². The van der Waals surface area contributed by atoms with Crippen molar-refractivity contribution in [3.63, 3.8) is 0 Å². The number of halogens is 3. The number of H-pyrrole nitrogens is 1. The van der Waals surface area contributed by atoms with Gasteiger partial charge in [-0.2, -0.15) is 13.2 Å². The first-order valence-corrected chi connectivity index (χ1v) is 8.18. The number of hydrogen-bond acceptors (Lipinski definition) is 2. The molecule has 26 heavy (non-hydrogen) atoms. The smallest absolute Gasteiger partial charge is 0.401 e. The van der Waals surface area contributed by atoms with E-state index in [9.17, 15) is 18.0 Å². The molecule has 1 aromatic heterocycles. The predicted molar refractivity (Wildman–Crippen MR) is 98.7 cm³/mol. The minimum atomic E-state index is -4.58. The number of benzene rings is 1. The van der Waals surface area contributed by atoms with Gasteiger partial charge in [0, 0.05) is 5.70 Å². The van der Waals surface area contributed by atoms with Crippen molar-refractivity contribution in [2.75, 3.05) is 0 Å². The summed E-state index contributed by atoms with van der Waals surface area (Å²) in [6, 6.07) is 8.94. The van der Waals surface area contributed by atoms with Gasteiger partial charge in [0.05, 0.1) is 22.8 Å². The number of nitrogens with two attached hydrogens (primary N) is 1. The number of aromatic nitrogens is 2. The largest absolute Gasteiger partial charge is 0.415 e. The van der Waals surface area contributed by atoms with Gasteiger partial charge in [-0.05, 0) is 18.6 Å². The maximum Gasteiger partial charge on any atom is 0.415 e. The van der Waals surface area contributed by atoms with Crippen LogP contribution < -0.4 is 22.1 Å². The highest BCUT2D eigenvalue weighted by Gasteiger charge is 2.30. The van der Waals surface area contributed by atoms with E-state index in [1.165, 1.54) is 17.9 Å². The first-order valence-electron chi connectivity index (χ1n) is 8.18. The first-order chi connectivity index (χ1) is 12.1. The van der Waals surface area contributed by atoms with Gasteiger partial charge in [0.25, 0.3) is 0 Å². The molecule has 0 bridgehead atoms. The van der Waals surface area contributed by atoms with Gasteiger partial charge in [0.15, 0.2) is 0 Å². The first kappa shape index (κ1) is 21.3. The number of imidazole rings is 1. The number of rotatable bonds is 3. The number of nitrogens with zero attached hydrogens (tertiary/aromatic N) is 1. The van der Waals surface area contributed by atoms with Gasteiger partial charge in [-0.3, -0.25) is 4.57 Å². The monoisotopic (exact) mass is 367 g/mol. The van der Waals surface area contributed by atoms with E-state index in [4.69, 9.17) is 5.73 Å². The fourth-order valence-corrected chi connectivity index (χ4v) is 2.10. The van der Waals surface area contributed by atoms with E-state index in [1.807, 2.05) is 6.07 Å². The third-order valence-electron chi connectivity index (χ3n) is 3.28. The van der Waals surface area contributed by atoms with Crippen LogP contribution in [0.3, 0.4) is 0 Å². The van der Waals surface area contributed by atoms with Crippen molar-refractivity contribution >= 4 is 11.8 Å². The van der Waals surface area contributed by atoms with Gasteiger partial charge >= 0.3 is 11.9 Å². The summed E-state index contributed by atoms with van der Waals surface area (Å²) >= 11 is 0. The lowest BCUT2D eigenvalue weighted by molar-refractivity contribution is -0.0862. The van der Waals surface area contributed by atoms with Crippen molar-refractivity contribution in [3.05, 3.63) is 69.2 Å². The molecule has 0 saturated carbocycles. The molecule has 4 nitrogen and oxygen atoms in total. The molecule has 0 unspecified atom stereocenters. The van der Waals surface area contributed by atoms with Gasteiger partial charge in [-0.1, -0.05) is 57.2 Å². The van der Waals surface area contributed by atoms with Gasteiger partial charge in [-0.25, -0.2) is 4.79 Å². The summed E-state index contributed by atoms with van der Waals surface area (Å²) < 4.78 is 39.5. The summed E-state index contributed by atoms with van der Waals surface area (Å²) in [6.45, 7) is 8.90. The van der Waals surface area contributed by atoms with Crippen LogP contribution in [0.25, 0.3) is 11.8 Å². The Hall–Kier alpha value is -2.70. The predicted octanol–water partition coefficient (Wildman–Crippen LogP) is 2.63. The molecule has 1 aromatic carbocycles. The van der Waals surface area contributed by atoms with Crippen LogP contribution in [0, 0.1) is 0 Å². The lowest BCUT2D eigenvalue weighted by Crippen LogP contribution is -2.35. The second kappa shape index (κ2) is 9.12. The SMILES string of the molecule is C=C(/C=c1\c(=C(/C)N)[nH]c(=O)n1Cc1ccccc1)C(F)(F)F.CCC. The molecule has 0 radical (unpaired) electrons. The fourth-order valence-electron chi connectivity index (χ4n) is 2.10. The van der Waals surface area contributed by atoms with Crippen molar-refractivity contribution in [1.82, 2.24) is 9.55 Å². The van der Waals surface area contributed by atoms with Crippen molar-refractivity contribution in [3.8, 4) is 0 Å². The second-order valence-electron chi connectivity index (χ2n) is 5.82. The maximum atomic E-state index is 12.8.